The molecule has 2 aromatic heterocycles. The van der Waals surface area contributed by atoms with Crippen LogP contribution in [0.15, 0.2) is 36.5 Å². The van der Waals surface area contributed by atoms with Crippen LogP contribution in [0.4, 0.5) is 5.69 Å². The second-order valence-electron chi connectivity index (χ2n) is 4.00. The molecule has 0 aliphatic carbocycles. The van der Waals surface area contributed by atoms with Crippen molar-refractivity contribution in [3.63, 3.8) is 0 Å². The molecule has 1 aromatic carbocycles. The van der Waals surface area contributed by atoms with Gasteiger partial charge < -0.3 is 0 Å². The molecule has 2 heterocycles. The van der Waals surface area contributed by atoms with Gasteiger partial charge in [-0.25, -0.2) is 9.50 Å². The molecule has 8 heteroatoms. The lowest BCUT2D eigenvalue weighted by Crippen LogP contribution is -1.92. The molecule has 20 heavy (non-hydrogen) atoms. The van der Waals surface area contributed by atoms with E-state index in [-0.39, 0.29) is 10.8 Å². The molecule has 0 aliphatic heterocycles. The van der Waals surface area contributed by atoms with Gasteiger partial charge in [0.2, 0.25) is 0 Å². The van der Waals surface area contributed by atoms with Crippen LogP contribution in [0.1, 0.15) is 0 Å². The number of nitro benzene ring substituents is 1. The van der Waals surface area contributed by atoms with E-state index in [0.717, 1.165) is 5.56 Å². The molecular formula is C12H6Cl2N4O2. The molecule has 0 aliphatic rings. The first kappa shape index (κ1) is 12.8. The number of rotatable bonds is 2. The summed E-state index contributed by atoms with van der Waals surface area (Å²) in [7, 11) is 0. The maximum atomic E-state index is 10.6. The number of nitrogens with zero attached hydrogens (tertiary/aromatic N) is 4. The topological polar surface area (TPSA) is 73.3 Å². The highest BCUT2D eigenvalue weighted by molar-refractivity contribution is 6.33. The Hall–Kier alpha value is -2.18. The Labute approximate surface area is 122 Å². The van der Waals surface area contributed by atoms with Gasteiger partial charge in [0.05, 0.1) is 11.1 Å². The van der Waals surface area contributed by atoms with Gasteiger partial charge in [0.15, 0.2) is 5.65 Å². The van der Waals surface area contributed by atoms with Gasteiger partial charge in [-0.15, -0.1) is 0 Å². The molecule has 6 nitrogen and oxygen atoms in total. The Balaban J connectivity index is 2.17. The second kappa shape index (κ2) is 4.73. The van der Waals surface area contributed by atoms with Crippen LogP contribution in [-0.2, 0) is 0 Å². The van der Waals surface area contributed by atoms with Crippen LogP contribution in [0.2, 0.25) is 10.3 Å². The number of hydrogen-bond acceptors (Lipinski definition) is 4. The highest BCUT2D eigenvalue weighted by atomic mass is 35.5. The van der Waals surface area contributed by atoms with E-state index >= 15 is 0 Å². The van der Waals surface area contributed by atoms with Crippen molar-refractivity contribution in [3.8, 4) is 11.1 Å². The van der Waals surface area contributed by atoms with Gasteiger partial charge in [-0.2, -0.15) is 5.10 Å². The maximum Gasteiger partial charge on any atom is 0.269 e. The summed E-state index contributed by atoms with van der Waals surface area (Å²) in [5, 5.41) is 15.4. The van der Waals surface area contributed by atoms with Crippen LogP contribution in [0, 0.1) is 10.1 Å². The Bertz CT molecular complexity index is 814. The van der Waals surface area contributed by atoms with Crippen LogP contribution < -0.4 is 0 Å². The van der Waals surface area contributed by atoms with Gasteiger partial charge >= 0.3 is 0 Å². The summed E-state index contributed by atoms with van der Waals surface area (Å²) in [6.45, 7) is 0. The van der Waals surface area contributed by atoms with E-state index in [1.54, 1.807) is 18.3 Å². The maximum absolute atomic E-state index is 10.6. The van der Waals surface area contributed by atoms with Crippen molar-refractivity contribution in [1.29, 1.82) is 0 Å². The molecule has 0 saturated heterocycles. The predicted octanol–water partition coefficient (Wildman–Crippen LogP) is 3.61. The molecule has 0 fully saturated rings. The third-order valence-corrected chi connectivity index (χ3v) is 3.25. The van der Waals surface area contributed by atoms with Crippen LogP contribution in [0.5, 0.6) is 0 Å². The zero-order chi connectivity index (χ0) is 14.3. The van der Waals surface area contributed by atoms with E-state index < -0.39 is 4.92 Å². The quantitative estimate of drug-likeness (QED) is 0.412. The normalized spacial score (nSPS) is 10.9. The fraction of sp³-hybridized carbons (Fsp3) is 0. The number of nitro groups is 1. The number of fused-ring (bicyclic) bond motifs is 1. The Kier molecular flexibility index (Phi) is 3.04. The van der Waals surface area contributed by atoms with Gasteiger partial charge in [-0.1, -0.05) is 23.2 Å². The predicted molar refractivity (Wildman–Crippen MR) is 75.1 cm³/mol. The van der Waals surface area contributed by atoms with Crippen LogP contribution in [0.25, 0.3) is 16.8 Å². The van der Waals surface area contributed by atoms with E-state index in [1.807, 2.05) is 0 Å². The zero-order valence-electron chi connectivity index (χ0n) is 9.83. The molecular weight excluding hydrogens is 303 g/mol. The van der Waals surface area contributed by atoms with Crippen LogP contribution in [0.3, 0.4) is 0 Å². The Morgan fingerprint density at radius 2 is 1.90 bits per heavy atom. The molecule has 0 spiro atoms. The van der Waals surface area contributed by atoms with E-state index in [1.165, 1.54) is 22.7 Å². The minimum Gasteiger partial charge on any atom is -0.258 e. The first-order chi connectivity index (χ1) is 9.56. The molecule has 0 bridgehead atoms. The van der Waals surface area contributed by atoms with Crippen molar-refractivity contribution in [2.45, 2.75) is 0 Å². The SMILES string of the molecule is O=[N+]([O-])c1ccc(-c2cnn3c(Cl)cc(Cl)nc23)cc1. The van der Waals surface area contributed by atoms with E-state index in [2.05, 4.69) is 10.1 Å². The molecule has 0 N–H and O–H groups in total. The average molecular weight is 309 g/mol. The zero-order valence-corrected chi connectivity index (χ0v) is 11.3. The first-order valence-electron chi connectivity index (χ1n) is 5.51. The Morgan fingerprint density at radius 1 is 1.20 bits per heavy atom. The fourth-order valence-corrected chi connectivity index (χ4v) is 2.33. The lowest BCUT2D eigenvalue weighted by molar-refractivity contribution is -0.384. The minimum absolute atomic E-state index is 0.0225. The number of non-ortho nitro benzene ring substituents is 1. The van der Waals surface area contributed by atoms with Crippen LogP contribution >= 0.6 is 23.2 Å². The summed E-state index contributed by atoms with van der Waals surface area (Å²) in [6.07, 6.45) is 1.59. The average Bonchev–Trinajstić information content (AvgIpc) is 2.82. The van der Waals surface area contributed by atoms with Gasteiger partial charge in [0, 0.05) is 23.8 Å². The van der Waals surface area contributed by atoms with Crippen molar-refractivity contribution in [3.05, 3.63) is 56.9 Å². The van der Waals surface area contributed by atoms with E-state index in [9.17, 15) is 10.1 Å². The lowest BCUT2D eigenvalue weighted by Gasteiger charge is -2.01. The third-order valence-electron chi connectivity index (χ3n) is 2.79. The molecule has 0 amide bonds. The summed E-state index contributed by atoms with van der Waals surface area (Å²) in [6, 6.07) is 7.59. The van der Waals surface area contributed by atoms with Crippen molar-refractivity contribution >= 4 is 34.5 Å². The van der Waals surface area contributed by atoms with Crippen molar-refractivity contribution in [2.75, 3.05) is 0 Å². The summed E-state index contributed by atoms with van der Waals surface area (Å²) in [4.78, 5) is 14.4. The van der Waals surface area contributed by atoms with Gasteiger partial charge in [0.1, 0.15) is 10.3 Å². The molecule has 3 aromatic rings. The number of benzene rings is 1. The Morgan fingerprint density at radius 3 is 2.55 bits per heavy atom. The standard InChI is InChI=1S/C12H6Cl2N4O2/c13-10-5-11(14)17-12(16-10)9(6-15-17)7-1-3-8(4-2-7)18(19)20/h1-6H. The van der Waals surface area contributed by atoms with Gasteiger partial charge in [0.25, 0.3) is 5.69 Å². The number of aromatic nitrogens is 3. The van der Waals surface area contributed by atoms with Crippen molar-refractivity contribution in [2.24, 2.45) is 0 Å². The van der Waals surface area contributed by atoms with E-state index in [0.29, 0.717) is 16.4 Å². The minimum atomic E-state index is -0.453. The largest absolute Gasteiger partial charge is 0.269 e. The molecule has 0 radical (unpaired) electrons. The van der Waals surface area contributed by atoms with Gasteiger partial charge in [-0.3, -0.25) is 10.1 Å². The second-order valence-corrected chi connectivity index (χ2v) is 4.77. The smallest absolute Gasteiger partial charge is 0.258 e. The lowest BCUT2D eigenvalue weighted by atomic mass is 10.1. The third kappa shape index (κ3) is 2.09. The summed E-state index contributed by atoms with van der Waals surface area (Å²) >= 11 is 11.9. The highest BCUT2D eigenvalue weighted by Crippen LogP contribution is 2.28. The highest BCUT2D eigenvalue weighted by Gasteiger charge is 2.13. The summed E-state index contributed by atoms with van der Waals surface area (Å²) in [5.74, 6) is 0. The van der Waals surface area contributed by atoms with Crippen molar-refractivity contribution < 1.29 is 4.92 Å². The molecule has 3 rings (SSSR count). The molecule has 0 atom stereocenters. The summed E-state index contributed by atoms with van der Waals surface area (Å²) < 4.78 is 1.45. The monoisotopic (exact) mass is 308 g/mol. The van der Waals surface area contributed by atoms with Gasteiger partial charge in [-0.05, 0) is 17.7 Å². The number of hydrogen-bond donors (Lipinski definition) is 0. The fourth-order valence-electron chi connectivity index (χ4n) is 1.87. The molecule has 100 valence electrons. The molecule has 0 saturated carbocycles. The van der Waals surface area contributed by atoms with E-state index in [4.69, 9.17) is 23.2 Å². The summed E-state index contributed by atoms with van der Waals surface area (Å²) in [5.41, 5.74) is 1.96. The van der Waals surface area contributed by atoms with Crippen molar-refractivity contribution in [1.82, 2.24) is 14.6 Å². The first-order valence-corrected chi connectivity index (χ1v) is 6.26. The molecule has 0 unspecified atom stereocenters. The van der Waals surface area contributed by atoms with Crippen LogP contribution in [-0.4, -0.2) is 19.5 Å². The number of halogens is 2.